The average Bonchev–Trinajstić information content (AvgIpc) is 3.22. The largest absolute Gasteiger partial charge is 0.497 e. The third-order valence-corrected chi connectivity index (χ3v) is 4.39. The summed E-state index contributed by atoms with van der Waals surface area (Å²) in [6.07, 6.45) is 2.39. The van der Waals surface area contributed by atoms with Crippen molar-refractivity contribution in [2.45, 2.75) is 25.4 Å². The highest BCUT2D eigenvalue weighted by Crippen LogP contribution is 2.28. The molecule has 0 bridgehead atoms. The second kappa shape index (κ2) is 7.00. The van der Waals surface area contributed by atoms with Crippen molar-refractivity contribution >= 4 is 17.5 Å². The lowest BCUT2D eigenvalue weighted by atomic mass is 10.1. The maximum absolute atomic E-state index is 12.3. The molecule has 1 aromatic rings. The first kappa shape index (κ1) is 15.8. The van der Waals surface area contributed by atoms with Gasteiger partial charge < -0.3 is 19.7 Å². The average molecular weight is 318 g/mol. The van der Waals surface area contributed by atoms with Crippen molar-refractivity contribution in [3.05, 3.63) is 24.3 Å². The minimum atomic E-state index is -0.310. The van der Waals surface area contributed by atoms with Crippen molar-refractivity contribution in [1.29, 1.82) is 0 Å². The maximum Gasteiger partial charge on any atom is 0.227 e. The predicted octanol–water partition coefficient (Wildman–Crippen LogP) is 1.34. The van der Waals surface area contributed by atoms with Gasteiger partial charge in [-0.2, -0.15) is 0 Å². The fourth-order valence-electron chi connectivity index (χ4n) is 3.08. The third-order valence-electron chi connectivity index (χ3n) is 4.39. The van der Waals surface area contributed by atoms with Crippen LogP contribution in [-0.2, 0) is 14.3 Å². The molecular weight excluding hydrogens is 296 g/mol. The monoisotopic (exact) mass is 318 g/mol. The third kappa shape index (κ3) is 3.64. The van der Waals surface area contributed by atoms with Crippen LogP contribution in [0, 0.1) is 5.92 Å². The molecule has 2 saturated heterocycles. The molecule has 0 saturated carbocycles. The molecule has 2 amide bonds. The molecule has 2 aliphatic heterocycles. The van der Waals surface area contributed by atoms with Crippen molar-refractivity contribution < 1.29 is 19.1 Å². The summed E-state index contributed by atoms with van der Waals surface area (Å²) in [5.41, 5.74) is 0.767. The molecule has 2 fully saturated rings. The van der Waals surface area contributed by atoms with Gasteiger partial charge in [0, 0.05) is 37.9 Å². The van der Waals surface area contributed by atoms with E-state index in [0.717, 1.165) is 25.1 Å². The van der Waals surface area contributed by atoms with Crippen LogP contribution in [0.1, 0.15) is 19.3 Å². The molecule has 3 rings (SSSR count). The van der Waals surface area contributed by atoms with Gasteiger partial charge in [-0.15, -0.1) is 0 Å². The first-order valence-corrected chi connectivity index (χ1v) is 8.01. The van der Waals surface area contributed by atoms with Gasteiger partial charge in [0.15, 0.2) is 0 Å². The summed E-state index contributed by atoms with van der Waals surface area (Å²) in [6, 6.07) is 7.33. The summed E-state index contributed by atoms with van der Waals surface area (Å²) in [6.45, 7) is 1.71. The lowest BCUT2D eigenvalue weighted by Gasteiger charge is -2.18. The number of carbonyl (C=O) groups excluding carboxylic acids is 2. The Labute approximate surface area is 135 Å². The van der Waals surface area contributed by atoms with E-state index >= 15 is 0 Å². The van der Waals surface area contributed by atoms with E-state index in [0.29, 0.717) is 18.8 Å². The van der Waals surface area contributed by atoms with E-state index in [1.54, 1.807) is 12.0 Å². The summed E-state index contributed by atoms with van der Waals surface area (Å²) < 4.78 is 10.7. The molecule has 2 heterocycles. The number of benzene rings is 1. The van der Waals surface area contributed by atoms with Crippen LogP contribution in [0.3, 0.4) is 0 Å². The number of hydrogen-bond donors (Lipinski definition) is 1. The van der Waals surface area contributed by atoms with E-state index in [2.05, 4.69) is 5.32 Å². The molecule has 2 atom stereocenters. The Morgan fingerprint density at radius 2 is 2.35 bits per heavy atom. The zero-order chi connectivity index (χ0) is 16.2. The number of nitrogens with zero attached hydrogens (tertiary/aromatic N) is 1. The van der Waals surface area contributed by atoms with E-state index in [1.807, 2.05) is 24.3 Å². The van der Waals surface area contributed by atoms with Gasteiger partial charge in [0.1, 0.15) is 5.75 Å². The summed E-state index contributed by atoms with van der Waals surface area (Å²) in [4.78, 5) is 26.2. The molecule has 0 spiro atoms. The zero-order valence-corrected chi connectivity index (χ0v) is 13.3. The standard InChI is InChI=1S/C17H22N2O4/c1-22-14-5-2-4-13(9-14)19-11-12(8-16(19)20)17(21)18-10-15-6-3-7-23-15/h2,4-5,9,12,15H,3,6-8,10-11H2,1H3,(H,18,21)/t12-,15+/m1/s1. The smallest absolute Gasteiger partial charge is 0.227 e. The van der Waals surface area contributed by atoms with Crippen molar-refractivity contribution in [2.75, 3.05) is 31.7 Å². The Morgan fingerprint density at radius 3 is 3.09 bits per heavy atom. The molecule has 23 heavy (non-hydrogen) atoms. The highest BCUT2D eigenvalue weighted by molar-refractivity contribution is 6.00. The van der Waals surface area contributed by atoms with Crippen LogP contribution in [0.5, 0.6) is 5.75 Å². The van der Waals surface area contributed by atoms with Gasteiger partial charge in [-0.1, -0.05) is 6.07 Å². The highest BCUT2D eigenvalue weighted by atomic mass is 16.5. The van der Waals surface area contributed by atoms with Crippen LogP contribution >= 0.6 is 0 Å². The Bertz CT molecular complexity index is 584. The Kier molecular flexibility index (Phi) is 4.81. The van der Waals surface area contributed by atoms with Crippen LogP contribution in [0.15, 0.2) is 24.3 Å². The van der Waals surface area contributed by atoms with Gasteiger partial charge in [0.05, 0.1) is 19.1 Å². The van der Waals surface area contributed by atoms with Gasteiger partial charge >= 0.3 is 0 Å². The lowest BCUT2D eigenvalue weighted by Crippen LogP contribution is -2.37. The van der Waals surface area contributed by atoms with Gasteiger partial charge in [-0.05, 0) is 25.0 Å². The summed E-state index contributed by atoms with van der Waals surface area (Å²) in [7, 11) is 1.59. The van der Waals surface area contributed by atoms with Crippen molar-refractivity contribution in [2.24, 2.45) is 5.92 Å². The van der Waals surface area contributed by atoms with Crippen LogP contribution in [-0.4, -0.2) is 44.7 Å². The van der Waals surface area contributed by atoms with E-state index in [-0.39, 0.29) is 30.3 Å². The van der Waals surface area contributed by atoms with Crippen LogP contribution < -0.4 is 15.0 Å². The van der Waals surface area contributed by atoms with Gasteiger partial charge in [-0.25, -0.2) is 0 Å². The molecule has 6 nitrogen and oxygen atoms in total. The number of ether oxygens (including phenoxy) is 2. The number of rotatable bonds is 5. The number of carbonyl (C=O) groups is 2. The van der Waals surface area contributed by atoms with Gasteiger partial charge in [-0.3, -0.25) is 9.59 Å². The minimum Gasteiger partial charge on any atom is -0.497 e. The first-order chi connectivity index (χ1) is 11.2. The topological polar surface area (TPSA) is 67.9 Å². The number of methoxy groups -OCH3 is 1. The Balaban J connectivity index is 1.58. The SMILES string of the molecule is COc1cccc(N2C[C@H](C(=O)NC[C@@H]3CCCO3)CC2=O)c1. The Morgan fingerprint density at radius 1 is 1.48 bits per heavy atom. The lowest BCUT2D eigenvalue weighted by molar-refractivity contribution is -0.126. The number of nitrogens with one attached hydrogen (secondary N) is 1. The normalized spacial score (nSPS) is 24.0. The Hall–Kier alpha value is -2.08. The van der Waals surface area contributed by atoms with Crippen LogP contribution in [0.2, 0.25) is 0 Å². The summed E-state index contributed by atoms with van der Waals surface area (Å²) >= 11 is 0. The number of amides is 2. The van der Waals surface area contributed by atoms with Crippen molar-refractivity contribution in [1.82, 2.24) is 5.32 Å². The van der Waals surface area contributed by atoms with Crippen LogP contribution in [0.25, 0.3) is 0 Å². The molecule has 1 N–H and O–H groups in total. The van der Waals surface area contributed by atoms with Gasteiger partial charge in [0.2, 0.25) is 11.8 Å². The van der Waals surface area contributed by atoms with Gasteiger partial charge in [0.25, 0.3) is 0 Å². The molecule has 2 aliphatic rings. The summed E-state index contributed by atoms with van der Waals surface area (Å²) in [5, 5.41) is 2.91. The van der Waals surface area contributed by atoms with E-state index in [1.165, 1.54) is 0 Å². The fourth-order valence-corrected chi connectivity index (χ4v) is 3.08. The number of anilines is 1. The number of hydrogen-bond acceptors (Lipinski definition) is 4. The molecule has 0 unspecified atom stereocenters. The maximum atomic E-state index is 12.3. The van der Waals surface area contributed by atoms with Crippen molar-refractivity contribution in [3.8, 4) is 5.75 Å². The second-order valence-corrected chi connectivity index (χ2v) is 5.99. The van der Waals surface area contributed by atoms with E-state index in [4.69, 9.17) is 9.47 Å². The molecule has 1 aromatic carbocycles. The highest BCUT2D eigenvalue weighted by Gasteiger charge is 2.35. The second-order valence-electron chi connectivity index (χ2n) is 5.99. The summed E-state index contributed by atoms with van der Waals surface area (Å²) in [5.74, 6) is 0.284. The zero-order valence-electron chi connectivity index (χ0n) is 13.3. The molecule has 0 aliphatic carbocycles. The molecular formula is C17H22N2O4. The van der Waals surface area contributed by atoms with E-state index < -0.39 is 0 Å². The minimum absolute atomic E-state index is 0.0319. The van der Waals surface area contributed by atoms with Crippen LogP contribution in [0.4, 0.5) is 5.69 Å². The fraction of sp³-hybridized carbons (Fsp3) is 0.529. The molecule has 124 valence electrons. The quantitative estimate of drug-likeness (QED) is 0.890. The van der Waals surface area contributed by atoms with E-state index in [9.17, 15) is 9.59 Å². The first-order valence-electron chi connectivity index (χ1n) is 8.01. The molecule has 6 heteroatoms. The predicted molar refractivity (Wildman–Crippen MR) is 85.4 cm³/mol. The van der Waals surface area contributed by atoms with Crippen molar-refractivity contribution in [3.63, 3.8) is 0 Å². The molecule has 0 radical (unpaired) electrons. The molecule has 0 aromatic heterocycles.